The summed E-state index contributed by atoms with van der Waals surface area (Å²) in [4.78, 5) is 11.8. The van der Waals surface area contributed by atoms with E-state index in [4.69, 9.17) is 18.0 Å². The van der Waals surface area contributed by atoms with Gasteiger partial charge in [-0.25, -0.2) is 0 Å². The molecular weight excluding hydrogens is 321 g/mol. The molecule has 0 aliphatic carbocycles. The van der Waals surface area contributed by atoms with Gasteiger partial charge in [-0.3, -0.25) is 4.79 Å². The van der Waals surface area contributed by atoms with Crippen LogP contribution in [0.3, 0.4) is 0 Å². The molecule has 3 nitrogen and oxygen atoms in total. The number of nitrogens with two attached hydrogens (primary N) is 1. The highest BCUT2D eigenvalue weighted by molar-refractivity contribution is 8.00. The highest BCUT2D eigenvalue weighted by atomic mass is 32.2. The number of rotatable bonds is 3. The second kappa shape index (κ2) is 6.23. The quantitative estimate of drug-likeness (QED) is 0.834. The number of thioether (sulfide) groups is 1. The van der Waals surface area contributed by atoms with Crippen molar-refractivity contribution >= 4 is 40.6 Å². The summed E-state index contributed by atoms with van der Waals surface area (Å²) in [6, 6.07) is 2.95. The fourth-order valence-corrected chi connectivity index (χ4v) is 3.36. The van der Waals surface area contributed by atoms with Crippen molar-refractivity contribution < 1.29 is 18.0 Å². The lowest BCUT2D eigenvalue weighted by molar-refractivity contribution is -0.137. The topological polar surface area (TPSA) is 55.1 Å². The highest BCUT2D eigenvalue weighted by Gasteiger charge is 2.31. The monoisotopic (exact) mass is 334 g/mol. The SMILES string of the molecule is NC(=S)c1cc(C(F)(F)F)ccc1NC(=O)C1CCCS1. The molecule has 1 aromatic carbocycles. The number of benzene rings is 1. The van der Waals surface area contributed by atoms with Gasteiger partial charge in [-0.1, -0.05) is 12.2 Å². The average Bonchev–Trinajstić information content (AvgIpc) is 2.91. The van der Waals surface area contributed by atoms with Gasteiger partial charge in [0.1, 0.15) is 4.99 Å². The highest BCUT2D eigenvalue weighted by Crippen LogP contribution is 2.33. The molecule has 0 saturated carbocycles. The first-order chi connectivity index (χ1) is 9.79. The standard InChI is InChI=1S/C13H13F3N2OS2/c14-13(15,16)7-3-4-9(8(6-7)11(17)20)18-12(19)10-2-1-5-21-10/h3-4,6,10H,1-2,5H2,(H2,17,20)(H,18,19). The molecule has 0 aromatic heterocycles. The number of thiocarbonyl (C=S) groups is 1. The maximum atomic E-state index is 12.7. The van der Waals surface area contributed by atoms with Gasteiger partial charge in [-0.2, -0.15) is 13.2 Å². The van der Waals surface area contributed by atoms with E-state index in [1.165, 1.54) is 17.8 Å². The molecule has 21 heavy (non-hydrogen) atoms. The number of alkyl halides is 3. The van der Waals surface area contributed by atoms with Gasteiger partial charge in [0.15, 0.2) is 0 Å². The van der Waals surface area contributed by atoms with E-state index in [2.05, 4.69) is 5.32 Å². The maximum absolute atomic E-state index is 12.7. The minimum atomic E-state index is -4.48. The second-order valence-electron chi connectivity index (χ2n) is 4.61. The lowest BCUT2D eigenvalue weighted by Gasteiger charge is -2.15. The number of amides is 1. The molecule has 1 unspecified atom stereocenters. The Kier molecular flexibility index (Phi) is 4.77. The van der Waals surface area contributed by atoms with Gasteiger partial charge in [-0.05, 0) is 36.8 Å². The van der Waals surface area contributed by atoms with Crippen molar-refractivity contribution in [2.45, 2.75) is 24.3 Å². The number of halogens is 3. The summed E-state index contributed by atoms with van der Waals surface area (Å²) in [5.74, 6) is 0.683. The molecule has 1 saturated heterocycles. The van der Waals surface area contributed by atoms with Crippen LogP contribution in [-0.4, -0.2) is 21.9 Å². The van der Waals surface area contributed by atoms with Crippen LogP contribution in [0.15, 0.2) is 18.2 Å². The third-order valence-corrected chi connectivity index (χ3v) is 4.69. The Labute approximate surface area is 129 Å². The molecule has 1 aliphatic rings. The molecule has 3 N–H and O–H groups in total. The molecule has 1 amide bonds. The van der Waals surface area contributed by atoms with Crippen LogP contribution in [-0.2, 0) is 11.0 Å². The van der Waals surface area contributed by atoms with E-state index < -0.39 is 11.7 Å². The first-order valence-electron chi connectivity index (χ1n) is 6.22. The van der Waals surface area contributed by atoms with E-state index >= 15 is 0 Å². The predicted molar refractivity (Wildman–Crippen MR) is 81.4 cm³/mol. The molecule has 0 spiro atoms. The van der Waals surface area contributed by atoms with Crippen molar-refractivity contribution in [2.24, 2.45) is 5.73 Å². The third kappa shape index (κ3) is 3.88. The molecular formula is C13H13F3N2OS2. The van der Waals surface area contributed by atoms with E-state index in [1.807, 2.05) is 0 Å². The Morgan fingerprint density at radius 1 is 1.43 bits per heavy atom. The lowest BCUT2D eigenvalue weighted by atomic mass is 10.1. The smallest absolute Gasteiger partial charge is 0.389 e. The van der Waals surface area contributed by atoms with Crippen molar-refractivity contribution in [3.8, 4) is 0 Å². The van der Waals surface area contributed by atoms with Crippen molar-refractivity contribution in [3.63, 3.8) is 0 Å². The Hall–Kier alpha value is -1.28. The van der Waals surface area contributed by atoms with Crippen molar-refractivity contribution in [1.82, 2.24) is 0 Å². The van der Waals surface area contributed by atoms with Crippen LogP contribution >= 0.6 is 24.0 Å². The van der Waals surface area contributed by atoms with Crippen molar-refractivity contribution in [2.75, 3.05) is 11.1 Å². The molecule has 0 radical (unpaired) electrons. The average molecular weight is 334 g/mol. The molecule has 8 heteroatoms. The van der Waals surface area contributed by atoms with Crippen LogP contribution in [0.5, 0.6) is 0 Å². The minimum Gasteiger partial charge on any atom is -0.389 e. The summed E-state index contributed by atoms with van der Waals surface area (Å²) >= 11 is 6.31. The maximum Gasteiger partial charge on any atom is 0.416 e. The van der Waals surface area contributed by atoms with Gasteiger partial charge in [0.2, 0.25) is 5.91 Å². The number of nitrogens with one attached hydrogen (secondary N) is 1. The summed E-state index contributed by atoms with van der Waals surface area (Å²) < 4.78 is 38.1. The Balaban J connectivity index is 2.26. The predicted octanol–water partition coefficient (Wildman–Crippen LogP) is 3.17. The van der Waals surface area contributed by atoms with Gasteiger partial charge < -0.3 is 11.1 Å². The Bertz CT molecular complexity index is 569. The first-order valence-corrected chi connectivity index (χ1v) is 7.68. The number of anilines is 1. The number of carbonyl (C=O) groups is 1. The zero-order valence-corrected chi connectivity index (χ0v) is 12.5. The summed E-state index contributed by atoms with van der Waals surface area (Å²) in [5.41, 5.74) is 4.85. The van der Waals surface area contributed by atoms with Gasteiger partial charge in [0, 0.05) is 5.56 Å². The largest absolute Gasteiger partial charge is 0.416 e. The molecule has 1 aliphatic heterocycles. The molecule has 2 rings (SSSR count). The minimum absolute atomic E-state index is 0.0242. The second-order valence-corrected chi connectivity index (χ2v) is 6.36. The first kappa shape index (κ1) is 16.1. The van der Waals surface area contributed by atoms with Crippen LogP contribution in [0.1, 0.15) is 24.0 Å². The summed E-state index contributed by atoms with van der Waals surface area (Å²) in [6.45, 7) is 0. The normalized spacial score (nSPS) is 18.5. The van der Waals surface area contributed by atoms with Gasteiger partial charge in [0.05, 0.1) is 16.5 Å². The molecule has 1 fully saturated rings. The third-order valence-electron chi connectivity index (χ3n) is 3.09. The van der Waals surface area contributed by atoms with Gasteiger partial charge in [0.25, 0.3) is 0 Å². The molecule has 1 atom stereocenters. The lowest BCUT2D eigenvalue weighted by Crippen LogP contribution is -2.25. The van der Waals surface area contributed by atoms with Crippen LogP contribution < -0.4 is 11.1 Å². The van der Waals surface area contributed by atoms with E-state index in [9.17, 15) is 18.0 Å². The van der Waals surface area contributed by atoms with Crippen molar-refractivity contribution in [3.05, 3.63) is 29.3 Å². The molecule has 0 bridgehead atoms. The zero-order chi connectivity index (χ0) is 15.6. The van der Waals surface area contributed by atoms with E-state index in [0.29, 0.717) is 0 Å². The zero-order valence-electron chi connectivity index (χ0n) is 10.9. The summed E-state index contributed by atoms with van der Waals surface area (Å²) in [7, 11) is 0. The number of carbonyl (C=O) groups excluding carboxylic acids is 1. The fourth-order valence-electron chi connectivity index (χ4n) is 2.03. The van der Waals surface area contributed by atoms with Crippen molar-refractivity contribution in [1.29, 1.82) is 0 Å². The van der Waals surface area contributed by atoms with Gasteiger partial charge >= 0.3 is 6.18 Å². The van der Waals surface area contributed by atoms with E-state index in [0.717, 1.165) is 30.7 Å². The van der Waals surface area contributed by atoms with E-state index in [-0.39, 0.29) is 27.4 Å². The number of hydrogen-bond acceptors (Lipinski definition) is 3. The summed E-state index contributed by atoms with van der Waals surface area (Å²) in [6.07, 6.45) is -2.76. The molecule has 1 aromatic rings. The van der Waals surface area contributed by atoms with Crippen LogP contribution in [0, 0.1) is 0 Å². The van der Waals surface area contributed by atoms with Gasteiger partial charge in [-0.15, -0.1) is 11.8 Å². The van der Waals surface area contributed by atoms with Crippen LogP contribution in [0.4, 0.5) is 18.9 Å². The van der Waals surface area contributed by atoms with E-state index in [1.54, 1.807) is 0 Å². The Morgan fingerprint density at radius 2 is 2.14 bits per heavy atom. The number of hydrogen-bond donors (Lipinski definition) is 2. The molecule has 1 heterocycles. The fraction of sp³-hybridized carbons (Fsp3) is 0.385. The van der Waals surface area contributed by atoms with Crippen LogP contribution in [0.25, 0.3) is 0 Å². The molecule has 114 valence electrons. The Morgan fingerprint density at radius 3 is 2.67 bits per heavy atom. The van der Waals surface area contributed by atoms with Crippen LogP contribution in [0.2, 0.25) is 0 Å². The summed E-state index contributed by atoms with van der Waals surface area (Å²) in [5, 5.41) is 2.44.